The van der Waals surface area contributed by atoms with Crippen molar-refractivity contribution < 1.29 is 23.9 Å². The van der Waals surface area contributed by atoms with E-state index in [0.29, 0.717) is 18.5 Å². The lowest BCUT2D eigenvalue weighted by Gasteiger charge is -2.14. The van der Waals surface area contributed by atoms with Gasteiger partial charge in [-0.2, -0.15) is 0 Å². The van der Waals surface area contributed by atoms with E-state index in [-0.39, 0.29) is 11.6 Å². The topological polar surface area (TPSA) is 84.9 Å². The monoisotopic (exact) mass is 334 g/mol. The van der Waals surface area contributed by atoms with Crippen molar-refractivity contribution in [3.63, 3.8) is 0 Å². The number of benzene rings is 1. The lowest BCUT2D eigenvalue weighted by atomic mass is 10.1. The lowest BCUT2D eigenvalue weighted by molar-refractivity contribution is -0.138. The summed E-state index contributed by atoms with van der Waals surface area (Å²) in [5, 5.41) is 2.88. The molecule has 1 amide bonds. The minimum absolute atomic E-state index is 0.00287. The van der Waals surface area contributed by atoms with E-state index in [2.05, 4.69) is 14.8 Å². The summed E-state index contributed by atoms with van der Waals surface area (Å²) in [6, 6.07) is 7.22. The van der Waals surface area contributed by atoms with Crippen LogP contribution in [0, 0.1) is 0 Å². The van der Waals surface area contributed by atoms with Crippen LogP contribution in [0.25, 0.3) is 0 Å². The fraction of sp³-hybridized carbons (Fsp3) is 0.353. The second-order valence-corrected chi connectivity index (χ2v) is 5.14. The molecule has 1 N–H and O–H groups in total. The van der Waals surface area contributed by atoms with Crippen LogP contribution in [-0.2, 0) is 30.3 Å². The van der Waals surface area contributed by atoms with Gasteiger partial charge in [-0.1, -0.05) is 18.2 Å². The Labute approximate surface area is 141 Å². The van der Waals surface area contributed by atoms with Gasteiger partial charge < -0.3 is 19.7 Å². The van der Waals surface area contributed by atoms with Crippen LogP contribution >= 0.6 is 0 Å². The van der Waals surface area contributed by atoms with E-state index >= 15 is 0 Å². The molecule has 0 aromatic heterocycles. The van der Waals surface area contributed by atoms with Crippen molar-refractivity contribution in [2.24, 2.45) is 0 Å². The zero-order chi connectivity index (χ0) is 18.1. The zero-order valence-corrected chi connectivity index (χ0v) is 14.3. The van der Waals surface area contributed by atoms with Gasteiger partial charge in [0.2, 0.25) is 5.91 Å². The van der Waals surface area contributed by atoms with Crippen LogP contribution in [0.1, 0.15) is 12.0 Å². The van der Waals surface area contributed by atoms with E-state index in [9.17, 15) is 14.4 Å². The lowest BCUT2D eigenvalue weighted by Crippen LogP contribution is -2.22. The van der Waals surface area contributed by atoms with Gasteiger partial charge >= 0.3 is 11.9 Å². The predicted molar refractivity (Wildman–Crippen MR) is 89.2 cm³/mol. The van der Waals surface area contributed by atoms with E-state index in [1.165, 1.54) is 19.1 Å². The Bertz CT molecular complexity index is 638. The maximum absolute atomic E-state index is 11.8. The number of hydrogen-bond donors (Lipinski definition) is 1. The van der Waals surface area contributed by atoms with Gasteiger partial charge in [0.1, 0.15) is 5.70 Å². The molecule has 0 unspecified atom stereocenters. The fourth-order valence-electron chi connectivity index (χ4n) is 1.90. The fourth-order valence-corrected chi connectivity index (χ4v) is 1.90. The van der Waals surface area contributed by atoms with Crippen molar-refractivity contribution in [3.8, 4) is 0 Å². The van der Waals surface area contributed by atoms with E-state index in [4.69, 9.17) is 0 Å². The summed E-state index contributed by atoms with van der Waals surface area (Å²) in [7, 11) is 5.83. The first kappa shape index (κ1) is 19.2. The minimum Gasteiger partial charge on any atom is -0.466 e. The van der Waals surface area contributed by atoms with Crippen molar-refractivity contribution in [1.29, 1.82) is 0 Å². The molecule has 0 bridgehead atoms. The SMILES string of the molecule is COC(=O)/C=C(/Nc1ccccc1CCC(=O)N(C)C)C(=O)OC. The molecule has 1 aromatic rings. The van der Waals surface area contributed by atoms with E-state index in [1.54, 1.807) is 26.2 Å². The van der Waals surface area contributed by atoms with Crippen molar-refractivity contribution in [3.05, 3.63) is 41.6 Å². The van der Waals surface area contributed by atoms with Gasteiger partial charge in [0, 0.05) is 26.2 Å². The zero-order valence-electron chi connectivity index (χ0n) is 14.3. The summed E-state index contributed by atoms with van der Waals surface area (Å²) in [6.45, 7) is 0. The third-order valence-corrected chi connectivity index (χ3v) is 3.26. The average molecular weight is 334 g/mol. The molecule has 130 valence electrons. The van der Waals surface area contributed by atoms with Crippen LogP contribution in [0.2, 0.25) is 0 Å². The maximum Gasteiger partial charge on any atom is 0.354 e. The van der Waals surface area contributed by atoms with Gasteiger partial charge in [-0.15, -0.1) is 0 Å². The Hall–Kier alpha value is -2.83. The third kappa shape index (κ3) is 5.75. The number of carbonyl (C=O) groups excluding carboxylic acids is 3. The quantitative estimate of drug-likeness (QED) is 0.598. The Kier molecular flexibility index (Phi) is 7.48. The molecule has 0 aliphatic heterocycles. The number of para-hydroxylation sites is 1. The largest absolute Gasteiger partial charge is 0.466 e. The van der Waals surface area contributed by atoms with E-state index in [0.717, 1.165) is 11.6 Å². The summed E-state index contributed by atoms with van der Waals surface area (Å²) < 4.78 is 9.20. The van der Waals surface area contributed by atoms with Gasteiger partial charge in [-0.3, -0.25) is 4.79 Å². The molecule has 7 heteroatoms. The molecule has 0 aliphatic carbocycles. The summed E-state index contributed by atoms with van der Waals surface area (Å²) in [5.74, 6) is -1.37. The number of nitrogens with zero attached hydrogens (tertiary/aromatic N) is 1. The Morgan fingerprint density at radius 3 is 2.38 bits per heavy atom. The van der Waals surface area contributed by atoms with Crippen molar-refractivity contribution in [2.75, 3.05) is 33.6 Å². The molecular weight excluding hydrogens is 312 g/mol. The Morgan fingerprint density at radius 1 is 1.12 bits per heavy atom. The molecule has 1 rings (SSSR count). The van der Waals surface area contributed by atoms with Crippen LogP contribution in [0.15, 0.2) is 36.0 Å². The number of nitrogens with one attached hydrogen (secondary N) is 1. The smallest absolute Gasteiger partial charge is 0.354 e. The van der Waals surface area contributed by atoms with Gasteiger partial charge in [0.25, 0.3) is 0 Å². The normalized spacial score (nSPS) is 10.8. The molecule has 0 fully saturated rings. The van der Waals surface area contributed by atoms with E-state index in [1.807, 2.05) is 12.1 Å². The first-order valence-electron chi connectivity index (χ1n) is 7.32. The van der Waals surface area contributed by atoms with Crippen LogP contribution in [0.3, 0.4) is 0 Å². The Balaban J connectivity index is 2.99. The van der Waals surface area contributed by atoms with Crippen LogP contribution in [0.5, 0.6) is 0 Å². The number of aryl methyl sites for hydroxylation is 1. The van der Waals surface area contributed by atoms with E-state index < -0.39 is 11.9 Å². The van der Waals surface area contributed by atoms with Crippen molar-refractivity contribution in [1.82, 2.24) is 4.90 Å². The third-order valence-electron chi connectivity index (χ3n) is 3.26. The second-order valence-electron chi connectivity index (χ2n) is 5.14. The molecule has 0 radical (unpaired) electrons. The average Bonchev–Trinajstić information content (AvgIpc) is 2.58. The molecule has 0 saturated carbocycles. The highest BCUT2D eigenvalue weighted by Gasteiger charge is 2.15. The number of anilines is 1. The first-order chi connectivity index (χ1) is 11.4. The number of methoxy groups -OCH3 is 2. The summed E-state index contributed by atoms with van der Waals surface area (Å²) >= 11 is 0. The highest BCUT2D eigenvalue weighted by molar-refractivity contribution is 5.98. The standard InChI is InChI=1S/C17H22N2O5/c1-19(2)15(20)10-9-12-7-5-6-8-13(12)18-14(17(22)24-4)11-16(21)23-3/h5-8,11,18H,9-10H2,1-4H3/b14-11+. The number of ether oxygens (including phenoxy) is 2. The van der Waals surface area contributed by atoms with Gasteiger partial charge in [-0.25, -0.2) is 9.59 Å². The van der Waals surface area contributed by atoms with Gasteiger partial charge in [-0.05, 0) is 18.1 Å². The predicted octanol–water partition coefficient (Wildman–Crippen LogP) is 1.35. The maximum atomic E-state index is 11.8. The minimum atomic E-state index is -0.695. The molecule has 0 saturated heterocycles. The highest BCUT2D eigenvalue weighted by Crippen LogP contribution is 2.19. The molecule has 0 heterocycles. The molecular formula is C17H22N2O5. The summed E-state index contributed by atoms with van der Waals surface area (Å²) in [4.78, 5) is 36.5. The number of hydrogen-bond acceptors (Lipinski definition) is 6. The number of esters is 2. The number of amides is 1. The summed E-state index contributed by atoms with van der Waals surface area (Å²) in [5.41, 5.74) is 1.41. The molecule has 7 nitrogen and oxygen atoms in total. The van der Waals surface area contributed by atoms with Gasteiger partial charge in [0.05, 0.1) is 20.3 Å². The second kappa shape index (κ2) is 9.34. The van der Waals surface area contributed by atoms with Crippen LogP contribution < -0.4 is 5.32 Å². The van der Waals surface area contributed by atoms with Crippen molar-refractivity contribution >= 4 is 23.5 Å². The number of rotatable bonds is 7. The van der Waals surface area contributed by atoms with Crippen LogP contribution in [0.4, 0.5) is 5.69 Å². The highest BCUT2D eigenvalue weighted by atomic mass is 16.5. The van der Waals surface area contributed by atoms with Gasteiger partial charge in [0.15, 0.2) is 0 Å². The molecule has 0 spiro atoms. The van der Waals surface area contributed by atoms with Crippen LogP contribution in [-0.4, -0.2) is 51.1 Å². The van der Waals surface area contributed by atoms with Crippen molar-refractivity contribution in [2.45, 2.75) is 12.8 Å². The summed E-state index contributed by atoms with van der Waals surface area (Å²) in [6.07, 6.45) is 1.85. The molecule has 0 aliphatic rings. The molecule has 24 heavy (non-hydrogen) atoms. The first-order valence-corrected chi connectivity index (χ1v) is 7.32. The number of carbonyl (C=O) groups is 3. The molecule has 1 aromatic carbocycles. The Morgan fingerprint density at radius 2 is 1.79 bits per heavy atom. The molecule has 0 atom stereocenters.